The highest BCUT2D eigenvalue weighted by molar-refractivity contribution is 5.79. The van der Waals surface area contributed by atoms with Crippen LogP contribution in [0.4, 0.5) is 13.2 Å². The van der Waals surface area contributed by atoms with Crippen LogP contribution in [0.25, 0.3) is 0 Å². The summed E-state index contributed by atoms with van der Waals surface area (Å²) in [5, 5.41) is 3.91. The zero-order chi connectivity index (χ0) is 12.9. The lowest BCUT2D eigenvalue weighted by molar-refractivity contribution is -0.175. The molecule has 0 aliphatic carbocycles. The van der Waals surface area contributed by atoms with Gasteiger partial charge in [-0.05, 0) is 12.5 Å². The molecule has 0 aromatic carbocycles. The van der Waals surface area contributed by atoms with Crippen molar-refractivity contribution in [2.24, 2.45) is 7.05 Å². The molecule has 0 fully saturated rings. The SMILES string of the molecule is Cn1nccc1CCC(=O)COCC(F)(F)F. The monoisotopic (exact) mass is 250 g/mol. The van der Waals surface area contributed by atoms with E-state index < -0.39 is 19.4 Å². The fourth-order valence-electron chi connectivity index (χ4n) is 1.27. The van der Waals surface area contributed by atoms with E-state index >= 15 is 0 Å². The molecule has 0 saturated carbocycles. The van der Waals surface area contributed by atoms with Crippen molar-refractivity contribution in [2.75, 3.05) is 13.2 Å². The molecule has 0 radical (unpaired) electrons. The maximum absolute atomic E-state index is 11.7. The van der Waals surface area contributed by atoms with Gasteiger partial charge < -0.3 is 4.74 Å². The Morgan fingerprint density at radius 2 is 2.24 bits per heavy atom. The van der Waals surface area contributed by atoms with Gasteiger partial charge in [0.2, 0.25) is 0 Å². The van der Waals surface area contributed by atoms with Crippen LogP contribution in [-0.4, -0.2) is 35.0 Å². The zero-order valence-corrected chi connectivity index (χ0v) is 9.33. The van der Waals surface area contributed by atoms with Crippen molar-refractivity contribution < 1.29 is 22.7 Å². The molecular formula is C10H13F3N2O2. The van der Waals surface area contributed by atoms with E-state index in [-0.39, 0.29) is 12.2 Å². The second-order valence-corrected chi connectivity index (χ2v) is 3.59. The van der Waals surface area contributed by atoms with Crippen molar-refractivity contribution in [3.05, 3.63) is 18.0 Å². The molecule has 1 rings (SSSR count). The molecule has 0 saturated heterocycles. The number of carbonyl (C=O) groups is 1. The summed E-state index contributed by atoms with van der Waals surface area (Å²) in [4.78, 5) is 11.2. The Morgan fingerprint density at radius 1 is 1.53 bits per heavy atom. The molecule has 0 spiro atoms. The molecule has 1 heterocycles. The number of rotatable bonds is 6. The third-order valence-electron chi connectivity index (χ3n) is 2.11. The fourth-order valence-corrected chi connectivity index (χ4v) is 1.27. The molecule has 0 atom stereocenters. The first-order valence-electron chi connectivity index (χ1n) is 5.01. The minimum atomic E-state index is -4.39. The number of carbonyl (C=O) groups excluding carboxylic acids is 1. The lowest BCUT2D eigenvalue weighted by Gasteiger charge is -2.06. The molecule has 0 aliphatic rings. The van der Waals surface area contributed by atoms with Gasteiger partial charge in [-0.15, -0.1) is 0 Å². The van der Waals surface area contributed by atoms with Gasteiger partial charge in [-0.3, -0.25) is 9.48 Å². The minimum absolute atomic E-state index is 0.150. The number of alkyl halides is 3. The molecule has 17 heavy (non-hydrogen) atoms. The summed E-state index contributed by atoms with van der Waals surface area (Å²) in [7, 11) is 1.74. The van der Waals surface area contributed by atoms with E-state index in [2.05, 4.69) is 9.84 Å². The zero-order valence-electron chi connectivity index (χ0n) is 9.33. The number of Topliss-reactive ketones (excluding diaryl/α,β-unsaturated/α-hetero) is 1. The van der Waals surface area contributed by atoms with Crippen LogP contribution < -0.4 is 0 Å². The van der Waals surface area contributed by atoms with Gasteiger partial charge in [0, 0.05) is 25.4 Å². The van der Waals surface area contributed by atoms with E-state index in [9.17, 15) is 18.0 Å². The number of aromatic nitrogens is 2. The van der Waals surface area contributed by atoms with Crippen molar-refractivity contribution in [1.29, 1.82) is 0 Å². The van der Waals surface area contributed by atoms with E-state index in [1.54, 1.807) is 24.0 Å². The predicted molar refractivity (Wildman–Crippen MR) is 53.4 cm³/mol. The van der Waals surface area contributed by atoms with Gasteiger partial charge >= 0.3 is 6.18 Å². The van der Waals surface area contributed by atoms with Gasteiger partial charge in [0.25, 0.3) is 0 Å². The van der Waals surface area contributed by atoms with Crippen LogP contribution in [0, 0.1) is 0 Å². The lowest BCUT2D eigenvalue weighted by Crippen LogP contribution is -2.20. The average Bonchev–Trinajstić information content (AvgIpc) is 2.59. The number of ether oxygens (including phenoxy) is 1. The summed E-state index contributed by atoms with van der Waals surface area (Å²) < 4.78 is 41.0. The summed E-state index contributed by atoms with van der Waals surface area (Å²) in [5.74, 6) is -0.351. The van der Waals surface area contributed by atoms with Gasteiger partial charge in [-0.25, -0.2) is 0 Å². The largest absolute Gasteiger partial charge is 0.411 e. The molecule has 96 valence electrons. The maximum Gasteiger partial charge on any atom is 0.411 e. The van der Waals surface area contributed by atoms with E-state index in [1.165, 1.54) is 0 Å². The first-order chi connectivity index (χ1) is 7.88. The number of ketones is 1. The third kappa shape index (κ3) is 5.48. The Kier molecular flexibility index (Phi) is 4.68. The lowest BCUT2D eigenvalue weighted by atomic mass is 10.2. The standard InChI is InChI=1S/C10H13F3N2O2/c1-15-8(4-5-14-15)2-3-9(16)6-17-7-10(11,12)13/h4-5H,2-3,6-7H2,1H3. The molecule has 0 amide bonds. The summed E-state index contributed by atoms with van der Waals surface area (Å²) in [6.45, 7) is -1.89. The average molecular weight is 250 g/mol. The maximum atomic E-state index is 11.7. The quantitative estimate of drug-likeness (QED) is 0.768. The highest BCUT2D eigenvalue weighted by atomic mass is 19.4. The number of halogens is 3. The summed E-state index contributed by atoms with van der Waals surface area (Å²) >= 11 is 0. The van der Waals surface area contributed by atoms with Crippen LogP contribution >= 0.6 is 0 Å². The molecule has 0 aliphatic heterocycles. The Balaban J connectivity index is 2.20. The molecule has 4 nitrogen and oxygen atoms in total. The second kappa shape index (κ2) is 5.81. The molecule has 0 N–H and O–H groups in total. The predicted octanol–water partition coefficient (Wildman–Crippen LogP) is 1.50. The van der Waals surface area contributed by atoms with E-state index in [0.29, 0.717) is 6.42 Å². The first-order valence-corrected chi connectivity index (χ1v) is 5.01. The normalized spacial score (nSPS) is 11.8. The van der Waals surface area contributed by atoms with Crippen LogP contribution in [0.2, 0.25) is 0 Å². The van der Waals surface area contributed by atoms with Crippen LogP contribution in [-0.2, 0) is 23.0 Å². The molecule has 0 unspecified atom stereocenters. The summed E-state index contributed by atoms with van der Waals surface area (Å²) in [6, 6.07) is 1.75. The molecule has 1 aromatic heterocycles. The van der Waals surface area contributed by atoms with Gasteiger partial charge in [-0.2, -0.15) is 18.3 Å². The third-order valence-corrected chi connectivity index (χ3v) is 2.11. The van der Waals surface area contributed by atoms with Gasteiger partial charge in [0.05, 0.1) is 0 Å². The Morgan fingerprint density at radius 3 is 2.76 bits per heavy atom. The van der Waals surface area contributed by atoms with Crippen LogP contribution in [0.1, 0.15) is 12.1 Å². The number of hydrogen-bond donors (Lipinski definition) is 0. The Bertz CT molecular complexity index is 374. The van der Waals surface area contributed by atoms with Crippen molar-refractivity contribution >= 4 is 5.78 Å². The highest BCUT2D eigenvalue weighted by Crippen LogP contribution is 2.14. The van der Waals surface area contributed by atoms with Crippen molar-refractivity contribution in [1.82, 2.24) is 9.78 Å². The molecule has 0 bridgehead atoms. The molecular weight excluding hydrogens is 237 g/mol. The van der Waals surface area contributed by atoms with Gasteiger partial charge in [-0.1, -0.05) is 0 Å². The van der Waals surface area contributed by atoms with E-state index in [1.807, 2.05) is 0 Å². The smallest absolute Gasteiger partial charge is 0.364 e. The second-order valence-electron chi connectivity index (χ2n) is 3.59. The van der Waals surface area contributed by atoms with Gasteiger partial charge in [0.15, 0.2) is 5.78 Å². The number of aryl methyl sites for hydroxylation is 2. The summed E-state index contributed by atoms with van der Waals surface area (Å²) in [6.07, 6.45) is -2.19. The number of nitrogens with zero attached hydrogens (tertiary/aromatic N) is 2. The van der Waals surface area contributed by atoms with E-state index in [0.717, 1.165) is 5.69 Å². The first kappa shape index (κ1) is 13.7. The Labute approximate surface area is 96.4 Å². The minimum Gasteiger partial charge on any atom is -0.364 e. The van der Waals surface area contributed by atoms with Crippen LogP contribution in [0.15, 0.2) is 12.3 Å². The number of hydrogen-bond acceptors (Lipinski definition) is 3. The molecule has 1 aromatic rings. The van der Waals surface area contributed by atoms with Crippen molar-refractivity contribution in [3.8, 4) is 0 Å². The topological polar surface area (TPSA) is 44.1 Å². The Hall–Kier alpha value is -1.37. The van der Waals surface area contributed by atoms with Gasteiger partial charge in [0.1, 0.15) is 13.2 Å². The highest BCUT2D eigenvalue weighted by Gasteiger charge is 2.27. The van der Waals surface area contributed by atoms with Crippen LogP contribution in [0.5, 0.6) is 0 Å². The van der Waals surface area contributed by atoms with Crippen LogP contribution in [0.3, 0.4) is 0 Å². The summed E-state index contributed by atoms with van der Waals surface area (Å²) in [5.41, 5.74) is 0.856. The fraction of sp³-hybridized carbons (Fsp3) is 0.600. The van der Waals surface area contributed by atoms with Crippen molar-refractivity contribution in [3.63, 3.8) is 0 Å². The van der Waals surface area contributed by atoms with Crippen molar-refractivity contribution in [2.45, 2.75) is 19.0 Å². The van der Waals surface area contributed by atoms with E-state index in [4.69, 9.17) is 0 Å². The molecule has 7 heteroatoms.